The van der Waals surface area contributed by atoms with E-state index in [1.807, 2.05) is 4.57 Å². The lowest BCUT2D eigenvalue weighted by Crippen LogP contribution is -2.70. The zero-order valence-corrected chi connectivity index (χ0v) is 12.1. The van der Waals surface area contributed by atoms with Gasteiger partial charge >= 0.3 is 5.69 Å². The molecule has 0 aliphatic heterocycles. The van der Waals surface area contributed by atoms with E-state index in [1.54, 1.807) is 24.9 Å². The minimum atomic E-state index is -0.0905. The Bertz CT molecular complexity index is 759. The van der Waals surface area contributed by atoms with Crippen LogP contribution in [-0.2, 0) is 17.3 Å². The predicted octanol–water partition coefficient (Wildman–Crippen LogP) is 1.31. The molecule has 0 unspecified atom stereocenters. The zero-order valence-electron chi connectivity index (χ0n) is 11.4. The van der Waals surface area contributed by atoms with Crippen LogP contribution in [0.1, 0.15) is 19.3 Å². The van der Waals surface area contributed by atoms with Crippen LogP contribution in [0.5, 0.6) is 0 Å². The van der Waals surface area contributed by atoms with Crippen LogP contribution >= 0.6 is 11.6 Å². The van der Waals surface area contributed by atoms with Gasteiger partial charge in [0, 0.05) is 19.6 Å². The van der Waals surface area contributed by atoms with Crippen molar-refractivity contribution >= 4 is 22.8 Å². The Kier molecular flexibility index (Phi) is 2.24. The highest BCUT2D eigenvalue weighted by atomic mass is 35.5. The van der Waals surface area contributed by atoms with Crippen molar-refractivity contribution in [1.82, 2.24) is 19.1 Å². The van der Waals surface area contributed by atoms with Gasteiger partial charge in [0.25, 0.3) is 0 Å². The SMILES string of the molecule is COCC12CC(n3c(=O)n(C)c4cnc(Cl)nc43)(C1)C2. The van der Waals surface area contributed by atoms with Gasteiger partial charge in [-0.15, -0.1) is 0 Å². The summed E-state index contributed by atoms with van der Waals surface area (Å²) in [5.41, 5.74) is 1.51. The fourth-order valence-electron chi connectivity index (χ4n) is 4.15. The van der Waals surface area contributed by atoms with Gasteiger partial charge < -0.3 is 4.74 Å². The summed E-state index contributed by atoms with van der Waals surface area (Å²) in [4.78, 5) is 20.7. The van der Waals surface area contributed by atoms with E-state index in [4.69, 9.17) is 16.3 Å². The van der Waals surface area contributed by atoms with Crippen molar-refractivity contribution in [3.05, 3.63) is 22.0 Å². The van der Waals surface area contributed by atoms with E-state index in [0.717, 1.165) is 31.4 Å². The van der Waals surface area contributed by atoms with E-state index >= 15 is 0 Å². The number of aryl methyl sites for hydroxylation is 1. The molecule has 106 valence electrons. The molecule has 3 aliphatic carbocycles. The highest BCUT2D eigenvalue weighted by molar-refractivity contribution is 6.28. The first kappa shape index (κ1) is 12.3. The molecule has 3 aliphatic rings. The molecule has 3 fully saturated rings. The number of nitrogens with zero attached hydrogens (tertiary/aromatic N) is 4. The third kappa shape index (κ3) is 1.31. The standard InChI is InChI=1S/C13H15ClN4O2/c1-17-8-3-15-10(14)16-9(8)18(11(17)19)13-4-12(5-13,6-13)7-20-2/h3H,4-7H2,1-2H3. The van der Waals surface area contributed by atoms with Crippen LogP contribution in [0.15, 0.2) is 11.0 Å². The number of halogens is 1. The van der Waals surface area contributed by atoms with Crippen molar-refractivity contribution in [3.63, 3.8) is 0 Å². The van der Waals surface area contributed by atoms with Gasteiger partial charge in [-0.25, -0.2) is 9.78 Å². The Morgan fingerprint density at radius 2 is 2.15 bits per heavy atom. The normalized spacial score (nSPS) is 31.1. The average molecular weight is 295 g/mol. The van der Waals surface area contributed by atoms with Crippen LogP contribution in [0, 0.1) is 5.41 Å². The summed E-state index contributed by atoms with van der Waals surface area (Å²) in [6.07, 6.45) is 4.55. The van der Waals surface area contributed by atoms with Crippen LogP contribution in [0.3, 0.4) is 0 Å². The highest BCUT2D eigenvalue weighted by Gasteiger charge is 2.69. The lowest BCUT2D eigenvalue weighted by Gasteiger charge is -2.70. The molecular weight excluding hydrogens is 280 g/mol. The second kappa shape index (κ2) is 3.62. The van der Waals surface area contributed by atoms with Crippen LogP contribution in [0.4, 0.5) is 0 Å². The molecular formula is C13H15ClN4O2. The largest absolute Gasteiger partial charge is 0.384 e. The molecule has 0 spiro atoms. The second-order valence-electron chi connectivity index (χ2n) is 6.21. The molecule has 6 nitrogen and oxygen atoms in total. The number of fused-ring (bicyclic) bond motifs is 1. The van der Waals surface area contributed by atoms with Gasteiger partial charge in [-0.3, -0.25) is 9.13 Å². The first-order valence-corrected chi connectivity index (χ1v) is 6.98. The molecule has 0 amide bonds. The maximum Gasteiger partial charge on any atom is 0.330 e. The molecule has 2 bridgehead atoms. The van der Waals surface area contributed by atoms with E-state index in [2.05, 4.69) is 9.97 Å². The predicted molar refractivity (Wildman–Crippen MR) is 73.9 cm³/mol. The van der Waals surface area contributed by atoms with Crippen molar-refractivity contribution in [3.8, 4) is 0 Å². The van der Waals surface area contributed by atoms with Crippen molar-refractivity contribution < 1.29 is 4.74 Å². The molecule has 0 radical (unpaired) electrons. The number of rotatable bonds is 3. The molecule has 3 saturated carbocycles. The molecule has 2 heterocycles. The fraction of sp³-hybridized carbons (Fsp3) is 0.615. The number of methoxy groups -OCH3 is 1. The maximum absolute atomic E-state index is 12.5. The molecule has 7 heteroatoms. The topological polar surface area (TPSA) is 61.9 Å². The first-order chi connectivity index (χ1) is 9.50. The van der Waals surface area contributed by atoms with E-state index in [-0.39, 0.29) is 21.9 Å². The molecule has 2 aromatic heterocycles. The highest BCUT2D eigenvalue weighted by Crippen LogP contribution is 2.71. The minimum absolute atomic E-state index is 0.0396. The van der Waals surface area contributed by atoms with Crippen LogP contribution in [0.25, 0.3) is 11.2 Å². The summed E-state index contributed by atoms with van der Waals surface area (Å²) in [6, 6.07) is 0. The lowest BCUT2D eigenvalue weighted by molar-refractivity contribution is -0.212. The number of ether oxygens (including phenoxy) is 1. The Hall–Kier alpha value is -1.40. The third-order valence-electron chi connectivity index (χ3n) is 4.81. The smallest absolute Gasteiger partial charge is 0.330 e. The van der Waals surface area contributed by atoms with Crippen LogP contribution < -0.4 is 5.69 Å². The molecule has 5 rings (SSSR count). The Morgan fingerprint density at radius 1 is 1.45 bits per heavy atom. The summed E-state index contributed by atoms with van der Waals surface area (Å²) in [5, 5.41) is 0.176. The zero-order chi connectivity index (χ0) is 14.1. The molecule has 0 N–H and O–H groups in total. The van der Waals surface area contributed by atoms with Crippen LogP contribution in [0.2, 0.25) is 5.28 Å². The van der Waals surface area contributed by atoms with E-state index in [1.165, 1.54) is 0 Å². The second-order valence-corrected chi connectivity index (χ2v) is 6.55. The number of hydrogen-bond donors (Lipinski definition) is 0. The summed E-state index contributed by atoms with van der Waals surface area (Å²) < 4.78 is 8.68. The van der Waals surface area contributed by atoms with Crippen molar-refractivity contribution in [2.75, 3.05) is 13.7 Å². The lowest BCUT2D eigenvalue weighted by atomic mass is 9.39. The Balaban J connectivity index is 1.85. The first-order valence-electron chi connectivity index (χ1n) is 6.60. The maximum atomic E-state index is 12.5. The van der Waals surface area contributed by atoms with E-state index < -0.39 is 0 Å². The summed E-state index contributed by atoms with van der Waals surface area (Å²) in [7, 11) is 3.47. The average Bonchev–Trinajstić information content (AvgIpc) is 2.56. The van der Waals surface area contributed by atoms with Gasteiger partial charge in [0.15, 0.2) is 5.65 Å². The monoisotopic (exact) mass is 294 g/mol. The van der Waals surface area contributed by atoms with Crippen molar-refractivity contribution in [1.29, 1.82) is 0 Å². The van der Waals surface area contributed by atoms with E-state index in [9.17, 15) is 4.79 Å². The molecule has 2 aromatic rings. The van der Waals surface area contributed by atoms with Gasteiger partial charge in [-0.1, -0.05) is 0 Å². The fourth-order valence-corrected chi connectivity index (χ4v) is 4.28. The van der Waals surface area contributed by atoms with Gasteiger partial charge in [-0.2, -0.15) is 4.98 Å². The van der Waals surface area contributed by atoms with Gasteiger partial charge in [-0.05, 0) is 30.9 Å². The number of imidazole rings is 1. The molecule has 0 saturated heterocycles. The summed E-state index contributed by atoms with van der Waals surface area (Å²) >= 11 is 5.89. The van der Waals surface area contributed by atoms with Crippen molar-refractivity contribution in [2.24, 2.45) is 12.5 Å². The molecule has 0 aromatic carbocycles. The van der Waals surface area contributed by atoms with Gasteiger partial charge in [0.05, 0.1) is 18.3 Å². The number of hydrogen-bond acceptors (Lipinski definition) is 4. The summed E-state index contributed by atoms with van der Waals surface area (Å²) in [6.45, 7) is 0.768. The molecule has 20 heavy (non-hydrogen) atoms. The molecule has 0 atom stereocenters. The van der Waals surface area contributed by atoms with Gasteiger partial charge in [0.1, 0.15) is 5.52 Å². The minimum Gasteiger partial charge on any atom is -0.384 e. The van der Waals surface area contributed by atoms with Gasteiger partial charge in [0.2, 0.25) is 5.28 Å². The Morgan fingerprint density at radius 3 is 2.80 bits per heavy atom. The quantitative estimate of drug-likeness (QED) is 0.801. The van der Waals surface area contributed by atoms with E-state index in [0.29, 0.717) is 5.65 Å². The summed E-state index contributed by atoms with van der Waals surface area (Å²) in [5.74, 6) is 0. The van der Waals surface area contributed by atoms with Crippen molar-refractivity contribution in [2.45, 2.75) is 24.8 Å². The number of aromatic nitrogens is 4. The Labute approximate surface area is 120 Å². The third-order valence-corrected chi connectivity index (χ3v) is 4.99. The van der Waals surface area contributed by atoms with Crippen LogP contribution in [-0.4, -0.2) is 32.8 Å².